The summed E-state index contributed by atoms with van der Waals surface area (Å²) in [7, 11) is -3.94. The fraction of sp³-hybridized carbons (Fsp3) is 0.238. The van der Waals surface area contributed by atoms with E-state index in [1.807, 2.05) is 17.0 Å². The number of carbonyl (C=O) groups excluding carboxylic acids is 2. The number of halogens is 2. The predicted molar refractivity (Wildman–Crippen MR) is 129 cm³/mol. The molecule has 2 N–H and O–H groups in total. The standard InChI is InChI=1S/C21H19Cl2N5O4S2/c22-15-7-8-16(17(23)10-15)19(30)25-20-26-27-21(33-20)34(31,32)24-11-13-3-5-14(6-4-13)12-28-9-1-2-18(28)29/h3-8,10,24H,1-2,9,11-12H2,(H,25,26,30). The number of carbonyl (C=O) groups is 2. The van der Waals surface area contributed by atoms with Gasteiger partial charge in [0.15, 0.2) is 0 Å². The van der Waals surface area contributed by atoms with Crippen LogP contribution in [-0.2, 0) is 27.9 Å². The van der Waals surface area contributed by atoms with Crippen molar-refractivity contribution in [1.29, 1.82) is 0 Å². The van der Waals surface area contributed by atoms with E-state index in [1.165, 1.54) is 18.2 Å². The van der Waals surface area contributed by atoms with E-state index in [1.54, 1.807) is 12.1 Å². The van der Waals surface area contributed by atoms with Gasteiger partial charge in [-0.25, -0.2) is 13.1 Å². The molecule has 0 unspecified atom stereocenters. The van der Waals surface area contributed by atoms with Gasteiger partial charge < -0.3 is 4.90 Å². The molecule has 0 spiro atoms. The molecule has 0 saturated carbocycles. The number of nitrogens with zero attached hydrogens (tertiary/aromatic N) is 3. The minimum Gasteiger partial charge on any atom is -0.338 e. The zero-order chi connectivity index (χ0) is 24.3. The van der Waals surface area contributed by atoms with Gasteiger partial charge in [-0.3, -0.25) is 14.9 Å². The van der Waals surface area contributed by atoms with Crippen LogP contribution in [0.1, 0.15) is 34.3 Å². The average Bonchev–Trinajstić information content (AvgIpc) is 3.43. The maximum Gasteiger partial charge on any atom is 0.270 e. The van der Waals surface area contributed by atoms with Crippen molar-refractivity contribution in [3.05, 3.63) is 69.2 Å². The number of benzene rings is 2. The highest BCUT2D eigenvalue weighted by atomic mass is 35.5. The lowest BCUT2D eigenvalue weighted by Gasteiger charge is -2.15. The second-order valence-corrected chi connectivity index (χ2v) is 11.3. The zero-order valence-electron chi connectivity index (χ0n) is 17.6. The van der Waals surface area contributed by atoms with Crippen molar-refractivity contribution >= 4 is 61.5 Å². The van der Waals surface area contributed by atoms with Crippen molar-refractivity contribution in [2.45, 2.75) is 30.3 Å². The van der Waals surface area contributed by atoms with E-state index >= 15 is 0 Å². The van der Waals surface area contributed by atoms with Crippen LogP contribution in [-0.4, -0.2) is 41.9 Å². The summed E-state index contributed by atoms with van der Waals surface area (Å²) < 4.78 is 27.4. The highest BCUT2D eigenvalue weighted by Gasteiger charge is 2.22. The zero-order valence-corrected chi connectivity index (χ0v) is 20.8. The maximum absolute atomic E-state index is 12.6. The Labute approximate surface area is 210 Å². The molecule has 13 heteroatoms. The van der Waals surface area contributed by atoms with E-state index < -0.39 is 15.9 Å². The van der Waals surface area contributed by atoms with Gasteiger partial charge in [0.05, 0.1) is 10.6 Å². The summed E-state index contributed by atoms with van der Waals surface area (Å²) >= 11 is 12.6. The highest BCUT2D eigenvalue weighted by molar-refractivity contribution is 7.91. The van der Waals surface area contributed by atoms with Crippen molar-refractivity contribution in [3.8, 4) is 0 Å². The number of anilines is 1. The molecule has 0 aliphatic carbocycles. The number of rotatable bonds is 8. The molecule has 1 aliphatic heterocycles. The van der Waals surface area contributed by atoms with Gasteiger partial charge >= 0.3 is 0 Å². The Balaban J connectivity index is 1.34. The van der Waals surface area contributed by atoms with E-state index in [0.717, 1.165) is 24.1 Å². The number of hydrogen-bond donors (Lipinski definition) is 2. The lowest BCUT2D eigenvalue weighted by molar-refractivity contribution is -0.128. The van der Waals surface area contributed by atoms with Crippen LogP contribution in [0.4, 0.5) is 5.13 Å². The van der Waals surface area contributed by atoms with E-state index in [0.29, 0.717) is 29.3 Å². The van der Waals surface area contributed by atoms with Gasteiger partial charge in [-0.15, -0.1) is 10.2 Å². The summed E-state index contributed by atoms with van der Waals surface area (Å²) in [5.74, 6) is -0.411. The lowest BCUT2D eigenvalue weighted by atomic mass is 10.1. The van der Waals surface area contributed by atoms with Crippen LogP contribution in [0.15, 0.2) is 46.8 Å². The minimum absolute atomic E-state index is 0.0113. The molecule has 1 aromatic heterocycles. The summed E-state index contributed by atoms with van der Waals surface area (Å²) in [5, 5.41) is 10.4. The van der Waals surface area contributed by atoms with Gasteiger partial charge in [0.1, 0.15) is 0 Å². The molecule has 2 heterocycles. The van der Waals surface area contributed by atoms with Gasteiger partial charge in [0.25, 0.3) is 15.9 Å². The predicted octanol–water partition coefficient (Wildman–Crippen LogP) is 3.70. The van der Waals surface area contributed by atoms with Gasteiger partial charge in [-0.2, -0.15) is 0 Å². The van der Waals surface area contributed by atoms with Crippen LogP contribution < -0.4 is 10.0 Å². The average molecular weight is 540 g/mol. The molecule has 34 heavy (non-hydrogen) atoms. The Morgan fingerprint density at radius 2 is 1.82 bits per heavy atom. The summed E-state index contributed by atoms with van der Waals surface area (Å²) in [5.41, 5.74) is 1.89. The van der Waals surface area contributed by atoms with Crippen molar-refractivity contribution in [2.75, 3.05) is 11.9 Å². The molecule has 178 valence electrons. The summed E-state index contributed by atoms with van der Waals surface area (Å²) in [6.07, 6.45) is 1.47. The number of amides is 2. The summed E-state index contributed by atoms with van der Waals surface area (Å²) in [4.78, 5) is 26.0. The third-order valence-electron chi connectivity index (χ3n) is 5.07. The molecule has 0 radical (unpaired) electrons. The van der Waals surface area contributed by atoms with Gasteiger partial charge in [0, 0.05) is 31.1 Å². The highest BCUT2D eigenvalue weighted by Crippen LogP contribution is 2.24. The van der Waals surface area contributed by atoms with Crippen molar-refractivity contribution in [1.82, 2.24) is 19.8 Å². The Morgan fingerprint density at radius 1 is 1.09 bits per heavy atom. The molecule has 2 aromatic carbocycles. The molecule has 2 amide bonds. The van der Waals surface area contributed by atoms with Crippen LogP contribution in [0, 0.1) is 0 Å². The Kier molecular flexibility index (Phi) is 7.48. The number of likely N-dealkylation sites (tertiary alicyclic amines) is 1. The normalized spacial score (nSPS) is 13.9. The third-order valence-corrected chi connectivity index (χ3v) is 8.22. The van der Waals surface area contributed by atoms with E-state index in [2.05, 4.69) is 20.2 Å². The Hall–Kier alpha value is -2.57. The minimum atomic E-state index is -3.94. The molecule has 9 nitrogen and oxygen atoms in total. The topological polar surface area (TPSA) is 121 Å². The van der Waals surface area contributed by atoms with Crippen molar-refractivity contribution in [3.63, 3.8) is 0 Å². The Morgan fingerprint density at radius 3 is 2.50 bits per heavy atom. The van der Waals surface area contributed by atoms with Crippen molar-refractivity contribution in [2.24, 2.45) is 0 Å². The van der Waals surface area contributed by atoms with Crippen LogP contribution in [0.3, 0.4) is 0 Å². The monoisotopic (exact) mass is 539 g/mol. The van der Waals surface area contributed by atoms with Gasteiger partial charge in [-0.05, 0) is 35.7 Å². The fourth-order valence-corrected chi connectivity index (χ4v) is 5.75. The number of aromatic nitrogens is 2. The molecule has 1 fully saturated rings. The summed E-state index contributed by atoms with van der Waals surface area (Å²) in [6.45, 7) is 1.36. The summed E-state index contributed by atoms with van der Waals surface area (Å²) in [6, 6.07) is 11.7. The Bertz CT molecular complexity index is 1330. The number of sulfonamides is 1. The van der Waals surface area contributed by atoms with Crippen LogP contribution in [0.2, 0.25) is 10.0 Å². The molecule has 0 bridgehead atoms. The second kappa shape index (κ2) is 10.4. The quantitative estimate of drug-likeness (QED) is 0.421. The first-order chi connectivity index (χ1) is 16.2. The first-order valence-corrected chi connectivity index (χ1v) is 13.2. The molecule has 1 saturated heterocycles. The first-order valence-electron chi connectivity index (χ1n) is 10.2. The van der Waals surface area contributed by atoms with Crippen LogP contribution >= 0.6 is 34.5 Å². The van der Waals surface area contributed by atoms with Crippen molar-refractivity contribution < 1.29 is 18.0 Å². The van der Waals surface area contributed by atoms with Gasteiger partial charge in [-0.1, -0.05) is 58.8 Å². The first kappa shape index (κ1) is 24.6. The molecule has 3 aromatic rings. The van der Waals surface area contributed by atoms with E-state index in [4.69, 9.17) is 23.2 Å². The third kappa shape index (κ3) is 5.91. The SMILES string of the molecule is O=C(Nc1nnc(S(=O)(=O)NCc2ccc(CN3CCCC3=O)cc2)s1)c1ccc(Cl)cc1Cl. The number of nitrogens with one attached hydrogen (secondary N) is 2. The maximum atomic E-state index is 12.6. The molecular formula is C21H19Cl2N5O4S2. The molecule has 1 aliphatic rings. The van der Waals surface area contributed by atoms with Crippen LogP contribution in [0.25, 0.3) is 0 Å². The smallest absolute Gasteiger partial charge is 0.270 e. The molecule has 0 atom stereocenters. The number of hydrogen-bond acceptors (Lipinski definition) is 7. The molecular weight excluding hydrogens is 521 g/mol. The van der Waals surface area contributed by atoms with Gasteiger partial charge in [0.2, 0.25) is 15.4 Å². The lowest BCUT2D eigenvalue weighted by Crippen LogP contribution is -2.24. The van der Waals surface area contributed by atoms with E-state index in [9.17, 15) is 18.0 Å². The molecule has 4 rings (SSSR count). The van der Waals surface area contributed by atoms with Crippen LogP contribution in [0.5, 0.6) is 0 Å². The fourth-order valence-electron chi connectivity index (χ4n) is 3.30. The van der Waals surface area contributed by atoms with E-state index in [-0.39, 0.29) is 32.5 Å². The second-order valence-electron chi connectivity index (χ2n) is 7.51. The largest absolute Gasteiger partial charge is 0.338 e.